The van der Waals surface area contributed by atoms with E-state index in [1.165, 1.54) is 10.8 Å². The van der Waals surface area contributed by atoms with Crippen molar-refractivity contribution in [2.75, 3.05) is 0 Å². The van der Waals surface area contributed by atoms with E-state index < -0.39 is 5.97 Å². The van der Waals surface area contributed by atoms with Crippen LogP contribution in [-0.4, -0.2) is 20.6 Å². The molecule has 0 spiro atoms. The van der Waals surface area contributed by atoms with Gasteiger partial charge in [-0.25, -0.2) is 9.78 Å². The fourth-order valence-corrected chi connectivity index (χ4v) is 1.29. The minimum absolute atomic E-state index is 0.196. The largest absolute Gasteiger partial charge is 0.481 e. The quantitative estimate of drug-likeness (QED) is 0.708. The minimum atomic E-state index is -0.770. The van der Waals surface area contributed by atoms with Crippen LogP contribution in [0.15, 0.2) is 23.3 Å². The zero-order valence-corrected chi connectivity index (χ0v) is 8.43. The van der Waals surface area contributed by atoms with Crippen molar-refractivity contribution in [3.8, 4) is 0 Å². The molecule has 0 saturated carbocycles. The van der Waals surface area contributed by atoms with Crippen molar-refractivity contribution in [3.63, 3.8) is 0 Å². The summed E-state index contributed by atoms with van der Waals surface area (Å²) in [6.07, 6.45) is 5.62. The Morgan fingerprint density at radius 2 is 2.20 bits per heavy atom. The van der Waals surface area contributed by atoms with Crippen LogP contribution in [0.4, 0.5) is 0 Å². The third-order valence-corrected chi connectivity index (χ3v) is 2.07. The zero-order valence-electron chi connectivity index (χ0n) is 8.43. The molecular formula is C10H14N2O3. The predicted molar refractivity (Wildman–Crippen MR) is 54.6 cm³/mol. The van der Waals surface area contributed by atoms with E-state index in [-0.39, 0.29) is 12.1 Å². The number of nitrogens with zero attached hydrogens (tertiary/aromatic N) is 2. The van der Waals surface area contributed by atoms with Crippen molar-refractivity contribution >= 4 is 5.97 Å². The van der Waals surface area contributed by atoms with Crippen molar-refractivity contribution in [1.82, 2.24) is 9.55 Å². The van der Waals surface area contributed by atoms with Crippen LogP contribution in [-0.2, 0) is 11.3 Å². The van der Waals surface area contributed by atoms with E-state index in [4.69, 9.17) is 5.11 Å². The first-order valence-corrected chi connectivity index (χ1v) is 4.93. The summed E-state index contributed by atoms with van der Waals surface area (Å²) in [6.45, 7) is 0.603. The van der Waals surface area contributed by atoms with Gasteiger partial charge in [0.25, 0.3) is 0 Å². The number of carboxylic acid groups (broad SMARTS) is 1. The van der Waals surface area contributed by atoms with Crippen LogP contribution in [0.2, 0.25) is 0 Å². The number of hydrogen-bond acceptors (Lipinski definition) is 3. The maximum Gasteiger partial charge on any atom is 0.347 e. The van der Waals surface area contributed by atoms with E-state index in [1.807, 2.05) is 0 Å². The molecule has 0 saturated heterocycles. The lowest BCUT2D eigenvalue weighted by Gasteiger charge is -2.02. The van der Waals surface area contributed by atoms with Crippen molar-refractivity contribution in [3.05, 3.63) is 28.9 Å². The number of carbonyl (C=O) groups is 1. The summed E-state index contributed by atoms with van der Waals surface area (Å²) < 4.78 is 1.53. The highest BCUT2D eigenvalue weighted by Crippen LogP contribution is 2.00. The standard InChI is InChI=1S/C10H14N2O3/c13-9(14)5-2-1-3-7-12-8-4-6-11-10(12)15/h4,6,8H,1-3,5,7H2,(H,13,14). The molecule has 0 unspecified atom stereocenters. The average Bonchev–Trinajstić information content (AvgIpc) is 2.20. The van der Waals surface area contributed by atoms with Gasteiger partial charge in [-0.2, -0.15) is 0 Å². The third-order valence-electron chi connectivity index (χ3n) is 2.07. The van der Waals surface area contributed by atoms with Gasteiger partial charge in [-0.1, -0.05) is 6.42 Å². The highest BCUT2D eigenvalue weighted by atomic mass is 16.4. The fourth-order valence-electron chi connectivity index (χ4n) is 1.29. The second kappa shape index (κ2) is 5.95. The van der Waals surface area contributed by atoms with Crippen molar-refractivity contribution in [1.29, 1.82) is 0 Å². The molecule has 0 atom stereocenters. The molecule has 1 heterocycles. The lowest BCUT2D eigenvalue weighted by Crippen LogP contribution is -2.21. The molecule has 0 aliphatic heterocycles. The molecule has 5 nitrogen and oxygen atoms in total. The van der Waals surface area contributed by atoms with Gasteiger partial charge in [0.2, 0.25) is 0 Å². The van der Waals surface area contributed by atoms with Crippen molar-refractivity contribution in [2.24, 2.45) is 0 Å². The van der Waals surface area contributed by atoms with Crippen LogP contribution >= 0.6 is 0 Å². The van der Waals surface area contributed by atoms with Crippen molar-refractivity contribution in [2.45, 2.75) is 32.2 Å². The molecule has 82 valence electrons. The first-order valence-electron chi connectivity index (χ1n) is 4.93. The number of aryl methyl sites for hydroxylation is 1. The SMILES string of the molecule is O=C(O)CCCCCn1cccnc1=O. The fraction of sp³-hybridized carbons (Fsp3) is 0.500. The first kappa shape index (κ1) is 11.4. The topological polar surface area (TPSA) is 72.2 Å². The molecule has 1 N–H and O–H groups in total. The predicted octanol–water partition coefficient (Wildman–Crippen LogP) is 0.888. The molecule has 15 heavy (non-hydrogen) atoms. The van der Waals surface area contributed by atoms with Gasteiger partial charge in [-0.05, 0) is 18.9 Å². The van der Waals surface area contributed by atoms with Crippen LogP contribution in [0.5, 0.6) is 0 Å². The smallest absolute Gasteiger partial charge is 0.347 e. The van der Waals surface area contributed by atoms with Gasteiger partial charge < -0.3 is 5.11 Å². The Kier molecular flexibility index (Phi) is 4.53. The molecule has 0 aliphatic carbocycles. The van der Waals surface area contributed by atoms with Crippen LogP contribution in [0, 0.1) is 0 Å². The van der Waals surface area contributed by atoms with E-state index in [0.717, 1.165) is 12.8 Å². The maximum absolute atomic E-state index is 11.1. The lowest BCUT2D eigenvalue weighted by molar-refractivity contribution is -0.137. The molecule has 0 bridgehead atoms. The molecule has 0 amide bonds. The lowest BCUT2D eigenvalue weighted by atomic mass is 10.2. The first-order chi connectivity index (χ1) is 7.20. The van der Waals surface area contributed by atoms with Gasteiger partial charge in [0, 0.05) is 25.4 Å². The van der Waals surface area contributed by atoms with Crippen molar-refractivity contribution < 1.29 is 9.90 Å². The summed E-state index contributed by atoms with van der Waals surface area (Å²) in [5, 5.41) is 8.41. The summed E-state index contributed by atoms with van der Waals surface area (Å²) in [7, 11) is 0. The van der Waals surface area contributed by atoms with Crippen LogP contribution in [0.25, 0.3) is 0 Å². The molecule has 1 aromatic heterocycles. The number of hydrogen-bond donors (Lipinski definition) is 1. The van der Waals surface area contributed by atoms with Gasteiger partial charge in [0.1, 0.15) is 0 Å². The summed E-state index contributed by atoms with van der Waals surface area (Å²) >= 11 is 0. The number of carboxylic acids is 1. The van der Waals surface area contributed by atoms with Gasteiger partial charge in [0.15, 0.2) is 0 Å². The maximum atomic E-state index is 11.1. The molecule has 1 aromatic rings. The summed E-state index contributed by atoms with van der Waals surface area (Å²) in [6, 6.07) is 1.71. The molecule has 0 radical (unpaired) electrons. The van der Waals surface area contributed by atoms with E-state index in [9.17, 15) is 9.59 Å². The van der Waals surface area contributed by atoms with Gasteiger partial charge >= 0.3 is 11.7 Å². The summed E-state index contributed by atoms with van der Waals surface area (Å²) in [5.74, 6) is -0.770. The van der Waals surface area contributed by atoms with E-state index >= 15 is 0 Å². The second-order valence-electron chi connectivity index (χ2n) is 3.30. The van der Waals surface area contributed by atoms with E-state index in [2.05, 4.69) is 4.98 Å². The number of aliphatic carboxylic acids is 1. The molecule has 0 aromatic carbocycles. The summed E-state index contributed by atoms with van der Waals surface area (Å²) in [4.78, 5) is 25.0. The monoisotopic (exact) mass is 210 g/mol. The van der Waals surface area contributed by atoms with Gasteiger partial charge in [-0.15, -0.1) is 0 Å². The Bertz CT molecular complexity index is 373. The minimum Gasteiger partial charge on any atom is -0.481 e. The number of unbranched alkanes of at least 4 members (excludes halogenated alkanes) is 2. The molecule has 0 fully saturated rings. The Labute approximate surface area is 87.4 Å². The van der Waals surface area contributed by atoms with Crippen LogP contribution in [0.1, 0.15) is 25.7 Å². The highest BCUT2D eigenvalue weighted by molar-refractivity contribution is 5.66. The van der Waals surface area contributed by atoms with Crippen LogP contribution in [0.3, 0.4) is 0 Å². The molecule has 5 heteroatoms. The normalized spacial score (nSPS) is 10.1. The second-order valence-corrected chi connectivity index (χ2v) is 3.30. The molecule has 0 aliphatic rings. The Hall–Kier alpha value is -1.65. The Balaban J connectivity index is 2.24. The van der Waals surface area contributed by atoms with Gasteiger partial charge in [-0.3, -0.25) is 9.36 Å². The molecular weight excluding hydrogens is 196 g/mol. The Morgan fingerprint density at radius 3 is 2.87 bits per heavy atom. The number of aromatic nitrogens is 2. The molecule has 1 rings (SSSR count). The Morgan fingerprint density at radius 1 is 1.40 bits per heavy atom. The highest BCUT2D eigenvalue weighted by Gasteiger charge is 1.98. The summed E-state index contributed by atoms with van der Waals surface area (Å²) in [5.41, 5.74) is -0.254. The van der Waals surface area contributed by atoms with E-state index in [1.54, 1.807) is 12.3 Å². The van der Waals surface area contributed by atoms with Crippen LogP contribution < -0.4 is 5.69 Å². The zero-order chi connectivity index (χ0) is 11.1. The number of rotatable bonds is 6. The average molecular weight is 210 g/mol. The third kappa shape index (κ3) is 4.39. The van der Waals surface area contributed by atoms with Gasteiger partial charge in [0.05, 0.1) is 0 Å². The van der Waals surface area contributed by atoms with E-state index in [0.29, 0.717) is 13.0 Å².